The molecule has 174 valence electrons. The number of carbonyl (C=O) groups is 1. The highest BCUT2D eigenvalue weighted by atomic mass is 35.5. The third-order valence-electron chi connectivity index (χ3n) is 5.32. The highest BCUT2D eigenvalue weighted by Crippen LogP contribution is 2.35. The summed E-state index contributed by atoms with van der Waals surface area (Å²) in [6, 6.07) is 17.4. The molecule has 3 aromatic rings. The lowest BCUT2D eigenvalue weighted by Gasteiger charge is -2.26. The number of phenolic OH excluding ortho intramolecular Hbond substituents is 2. The Balaban J connectivity index is 1.44. The van der Waals surface area contributed by atoms with Crippen molar-refractivity contribution >= 4 is 34.9 Å². The summed E-state index contributed by atoms with van der Waals surface area (Å²) >= 11 is 11.7. The van der Waals surface area contributed by atoms with Crippen molar-refractivity contribution in [2.45, 2.75) is 25.7 Å². The van der Waals surface area contributed by atoms with E-state index in [1.165, 1.54) is 12.1 Å². The summed E-state index contributed by atoms with van der Waals surface area (Å²) in [5.74, 6) is 0.747. The highest BCUT2D eigenvalue weighted by Gasteiger charge is 2.23. The minimum Gasteiger partial charge on any atom is -0.508 e. The number of hydrogen-bond donors (Lipinski definition) is 4. The van der Waals surface area contributed by atoms with E-state index in [4.69, 9.17) is 27.9 Å². The molecule has 0 saturated heterocycles. The molecular formula is C25H26Cl2N2O4. The Hall–Kier alpha value is -3.09. The van der Waals surface area contributed by atoms with Crippen LogP contribution in [-0.4, -0.2) is 29.4 Å². The largest absolute Gasteiger partial charge is 0.508 e. The van der Waals surface area contributed by atoms with Crippen LogP contribution in [0, 0.1) is 0 Å². The first-order valence-corrected chi connectivity index (χ1v) is 11.2. The lowest BCUT2D eigenvalue weighted by atomic mass is 9.78. The zero-order valence-corrected chi connectivity index (χ0v) is 19.9. The van der Waals surface area contributed by atoms with E-state index in [0.717, 1.165) is 16.9 Å². The zero-order valence-electron chi connectivity index (χ0n) is 18.4. The van der Waals surface area contributed by atoms with Gasteiger partial charge < -0.3 is 25.6 Å². The number of urea groups is 1. The first-order valence-electron chi connectivity index (χ1n) is 10.4. The summed E-state index contributed by atoms with van der Waals surface area (Å²) in [6.07, 6.45) is 0.594. The van der Waals surface area contributed by atoms with Crippen LogP contribution < -0.4 is 15.4 Å². The number of hydrogen-bond acceptors (Lipinski definition) is 4. The molecule has 33 heavy (non-hydrogen) atoms. The molecule has 0 radical (unpaired) electrons. The first kappa shape index (κ1) is 24.6. The molecule has 0 aromatic heterocycles. The second-order valence-corrected chi connectivity index (χ2v) is 8.91. The van der Waals surface area contributed by atoms with Crippen molar-refractivity contribution in [1.29, 1.82) is 0 Å². The first-order chi connectivity index (χ1) is 15.7. The molecule has 3 rings (SSSR count). The molecular weight excluding hydrogens is 463 g/mol. The van der Waals surface area contributed by atoms with Crippen LogP contribution in [0.2, 0.25) is 10.0 Å². The van der Waals surface area contributed by atoms with Gasteiger partial charge in [0.15, 0.2) is 5.75 Å². The molecule has 0 atom stereocenters. The van der Waals surface area contributed by atoms with Crippen LogP contribution >= 0.6 is 23.2 Å². The third-order valence-corrected chi connectivity index (χ3v) is 5.82. The number of carbonyl (C=O) groups excluding carboxylic acids is 1. The smallest absolute Gasteiger partial charge is 0.319 e. The van der Waals surface area contributed by atoms with Gasteiger partial charge in [0.1, 0.15) is 11.5 Å². The molecule has 0 aliphatic rings. The van der Waals surface area contributed by atoms with Crippen molar-refractivity contribution in [1.82, 2.24) is 5.32 Å². The fourth-order valence-electron chi connectivity index (χ4n) is 3.30. The number of benzene rings is 3. The third kappa shape index (κ3) is 6.46. The van der Waals surface area contributed by atoms with E-state index in [2.05, 4.69) is 24.5 Å². The monoisotopic (exact) mass is 488 g/mol. The molecule has 0 aliphatic carbocycles. The Morgan fingerprint density at radius 1 is 0.970 bits per heavy atom. The molecule has 0 aliphatic heterocycles. The highest BCUT2D eigenvalue weighted by molar-refractivity contribution is 6.36. The average molecular weight is 489 g/mol. The zero-order chi connectivity index (χ0) is 24.0. The standard InChI is InChI=1S/C25H26Cl2N2O4/c1-25(2,16-4-8-19(30)9-5-16)17-6-10-20(11-7-17)33-13-3-12-28-24(32)29-22-15-18(26)14-21(27)23(22)31/h4-11,14-15,30-31H,3,12-13H2,1-2H3,(H2,28,29,32). The number of aromatic hydroxyl groups is 2. The number of nitrogens with one attached hydrogen (secondary N) is 2. The van der Waals surface area contributed by atoms with Gasteiger partial charge in [-0.2, -0.15) is 0 Å². The van der Waals surface area contributed by atoms with Gasteiger partial charge in [0, 0.05) is 17.0 Å². The molecule has 2 amide bonds. The molecule has 0 bridgehead atoms. The summed E-state index contributed by atoms with van der Waals surface area (Å²) in [5.41, 5.74) is 2.15. The van der Waals surface area contributed by atoms with Gasteiger partial charge >= 0.3 is 6.03 Å². The molecule has 4 N–H and O–H groups in total. The number of halogens is 2. The Morgan fingerprint density at radius 2 is 1.58 bits per heavy atom. The Labute approximate surface area is 203 Å². The molecule has 0 fully saturated rings. The average Bonchev–Trinajstić information content (AvgIpc) is 2.77. The maximum absolute atomic E-state index is 12.0. The summed E-state index contributed by atoms with van der Waals surface area (Å²) in [5, 5.41) is 25.0. The van der Waals surface area contributed by atoms with E-state index < -0.39 is 6.03 Å². The number of anilines is 1. The number of phenols is 2. The topological polar surface area (TPSA) is 90.8 Å². The van der Waals surface area contributed by atoms with Gasteiger partial charge in [0.2, 0.25) is 0 Å². The van der Waals surface area contributed by atoms with E-state index in [0.29, 0.717) is 24.6 Å². The molecule has 0 unspecified atom stereocenters. The predicted molar refractivity (Wildman–Crippen MR) is 132 cm³/mol. The van der Waals surface area contributed by atoms with Crippen LogP contribution in [0.15, 0.2) is 60.7 Å². The second-order valence-electron chi connectivity index (χ2n) is 8.06. The lowest BCUT2D eigenvalue weighted by molar-refractivity contribution is 0.250. The summed E-state index contributed by atoms with van der Waals surface area (Å²) in [6.45, 7) is 5.06. The Bertz CT molecular complexity index is 1100. The van der Waals surface area contributed by atoms with E-state index in [1.807, 2.05) is 36.4 Å². The van der Waals surface area contributed by atoms with Crippen LogP contribution in [0.3, 0.4) is 0 Å². The van der Waals surface area contributed by atoms with Gasteiger partial charge in [-0.05, 0) is 53.9 Å². The van der Waals surface area contributed by atoms with Gasteiger partial charge in [0.05, 0.1) is 17.3 Å². The number of rotatable bonds is 8. The van der Waals surface area contributed by atoms with Crippen molar-refractivity contribution in [3.8, 4) is 17.2 Å². The van der Waals surface area contributed by atoms with Crippen molar-refractivity contribution in [3.63, 3.8) is 0 Å². The van der Waals surface area contributed by atoms with Crippen LogP contribution in [0.1, 0.15) is 31.4 Å². The molecule has 0 saturated carbocycles. The van der Waals surface area contributed by atoms with E-state index in [9.17, 15) is 15.0 Å². The molecule has 0 heterocycles. The van der Waals surface area contributed by atoms with Gasteiger partial charge in [-0.1, -0.05) is 61.3 Å². The van der Waals surface area contributed by atoms with Crippen LogP contribution in [0.25, 0.3) is 0 Å². The maximum Gasteiger partial charge on any atom is 0.319 e. The summed E-state index contributed by atoms with van der Waals surface area (Å²) < 4.78 is 5.77. The minimum atomic E-state index is -0.482. The summed E-state index contributed by atoms with van der Waals surface area (Å²) in [7, 11) is 0. The van der Waals surface area contributed by atoms with Crippen LogP contribution in [-0.2, 0) is 5.41 Å². The number of amides is 2. The summed E-state index contributed by atoms with van der Waals surface area (Å²) in [4.78, 5) is 12.0. The van der Waals surface area contributed by atoms with Gasteiger partial charge in [0.25, 0.3) is 0 Å². The Morgan fingerprint density at radius 3 is 2.21 bits per heavy atom. The molecule has 0 spiro atoms. The quantitative estimate of drug-likeness (QED) is 0.220. The molecule has 6 nitrogen and oxygen atoms in total. The molecule has 3 aromatic carbocycles. The Kier molecular flexibility index (Phi) is 7.95. The van der Waals surface area contributed by atoms with Crippen molar-refractivity contribution in [2.24, 2.45) is 0 Å². The van der Waals surface area contributed by atoms with Crippen molar-refractivity contribution in [2.75, 3.05) is 18.5 Å². The predicted octanol–water partition coefficient (Wildman–Crippen LogP) is 6.32. The fourth-order valence-corrected chi connectivity index (χ4v) is 3.80. The van der Waals surface area contributed by atoms with Gasteiger partial charge in [-0.15, -0.1) is 0 Å². The maximum atomic E-state index is 12.0. The second kappa shape index (κ2) is 10.7. The SMILES string of the molecule is CC(C)(c1ccc(O)cc1)c1ccc(OCCCNC(=O)Nc2cc(Cl)cc(Cl)c2O)cc1. The van der Waals surface area contributed by atoms with Gasteiger partial charge in [-0.25, -0.2) is 4.79 Å². The lowest BCUT2D eigenvalue weighted by Crippen LogP contribution is -2.30. The fraction of sp³-hybridized carbons (Fsp3) is 0.240. The number of ether oxygens (including phenoxy) is 1. The van der Waals surface area contributed by atoms with Crippen LogP contribution in [0.5, 0.6) is 17.2 Å². The van der Waals surface area contributed by atoms with E-state index in [-0.39, 0.29) is 27.6 Å². The van der Waals surface area contributed by atoms with E-state index >= 15 is 0 Å². The van der Waals surface area contributed by atoms with Crippen LogP contribution in [0.4, 0.5) is 10.5 Å². The minimum absolute atomic E-state index is 0.0590. The van der Waals surface area contributed by atoms with E-state index in [1.54, 1.807) is 12.1 Å². The molecule has 8 heteroatoms. The van der Waals surface area contributed by atoms with Gasteiger partial charge in [-0.3, -0.25) is 0 Å². The normalized spacial score (nSPS) is 11.2. The van der Waals surface area contributed by atoms with Crippen molar-refractivity contribution < 1.29 is 19.7 Å². The van der Waals surface area contributed by atoms with Crippen molar-refractivity contribution in [3.05, 3.63) is 81.8 Å².